The molecule has 1 amide bonds. The van der Waals surface area contributed by atoms with E-state index in [-0.39, 0.29) is 5.91 Å². The predicted octanol–water partition coefficient (Wildman–Crippen LogP) is 5.31. The van der Waals surface area contributed by atoms with Crippen molar-refractivity contribution in [3.8, 4) is 9.88 Å². The highest BCUT2D eigenvalue weighted by Gasteiger charge is 2.19. The van der Waals surface area contributed by atoms with Crippen molar-refractivity contribution in [3.63, 3.8) is 0 Å². The average Bonchev–Trinajstić information content (AvgIpc) is 3.24. The van der Waals surface area contributed by atoms with Crippen LogP contribution in [0.25, 0.3) is 9.88 Å². The van der Waals surface area contributed by atoms with Gasteiger partial charge in [0.25, 0.3) is 5.91 Å². The van der Waals surface area contributed by atoms with Crippen molar-refractivity contribution in [2.24, 2.45) is 0 Å². The van der Waals surface area contributed by atoms with E-state index >= 15 is 0 Å². The number of hydrogen-bond acceptors (Lipinski definition) is 4. The fourth-order valence-electron chi connectivity index (χ4n) is 3.19. The van der Waals surface area contributed by atoms with Gasteiger partial charge in [0.2, 0.25) is 0 Å². The number of amides is 1. The Morgan fingerprint density at radius 1 is 1.17 bits per heavy atom. The molecule has 0 fully saturated rings. The number of nitrogens with one attached hydrogen (secondary N) is 1. The first-order chi connectivity index (χ1) is 11.7. The van der Waals surface area contributed by atoms with Crippen LogP contribution in [0.1, 0.15) is 39.3 Å². The zero-order chi connectivity index (χ0) is 16.5. The fraction of sp³-hybridized carbons (Fsp3) is 0.263. The molecule has 122 valence electrons. The smallest absolute Gasteiger partial charge is 0.267 e. The van der Waals surface area contributed by atoms with E-state index in [1.54, 1.807) is 11.3 Å². The van der Waals surface area contributed by atoms with Crippen molar-refractivity contribution in [1.82, 2.24) is 4.98 Å². The molecule has 2 heterocycles. The van der Waals surface area contributed by atoms with Gasteiger partial charge < -0.3 is 5.32 Å². The van der Waals surface area contributed by atoms with Crippen molar-refractivity contribution in [3.05, 3.63) is 57.4 Å². The molecule has 1 aromatic carbocycles. The minimum absolute atomic E-state index is 0.0493. The highest BCUT2D eigenvalue weighted by molar-refractivity contribution is 7.22. The molecule has 0 unspecified atom stereocenters. The van der Waals surface area contributed by atoms with E-state index < -0.39 is 0 Å². The minimum atomic E-state index is -0.0493. The van der Waals surface area contributed by atoms with Gasteiger partial charge in [-0.25, -0.2) is 4.98 Å². The first kappa shape index (κ1) is 15.5. The predicted molar refractivity (Wildman–Crippen MR) is 101 cm³/mol. The molecule has 0 bridgehead atoms. The van der Waals surface area contributed by atoms with Gasteiger partial charge in [0.15, 0.2) is 0 Å². The molecule has 0 saturated heterocycles. The molecular weight excluding hydrogens is 336 g/mol. The molecule has 3 nitrogen and oxygen atoms in total. The summed E-state index contributed by atoms with van der Waals surface area (Å²) < 4.78 is 0. The van der Waals surface area contributed by atoms with Crippen molar-refractivity contribution in [1.29, 1.82) is 0 Å². The number of nitrogens with zero attached hydrogens (tertiary/aromatic N) is 1. The van der Waals surface area contributed by atoms with Crippen LogP contribution < -0.4 is 5.32 Å². The summed E-state index contributed by atoms with van der Waals surface area (Å²) in [6.45, 7) is 1.91. The Bertz CT molecular complexity index is 881. The first-order valence-corrected chi connectivity index (χ1v) is 9.85. The third-order valence-electron chi connectivity index (χ3n) is 4.38. The highest BCUT2D eigenvalue weighted by atomic mass is 32.1. The monoisotopic (exact) mass is 354 g/mol. The van der Waals surface area contributed by atoms with Crippen LogP contribution in [0, 0.1) is 6.92 Å². The molecule has 1 N–H and O–H groups in total. The maximum Gasteiger partial charge on any atom is 0.267 e. The molecule has 1 aliphatic carbocycles. The van der Waals surface area contributed by atoms with E-state index in [1.165, 1.54) is 35.3 Å². The molecule has 3 aromatic rings. The molecule has 0 aliphatic heterocycles. The fourth-order valence-corrected chi connectivity index (χ4v) is 4.95. The second-order valence-electron chi connectivity index (χ2n) is 6.02. The van der Waals surface area contributed by atoms with Crippen LogP contribution in [0.4, 0.5) is 5.69 Å². The second kappa shape index (κ2) is 6.49. The van der Waals surface area contributed by atoms with E-state index in [9.17, 15) is 4.79 Å². The van der Waals surface area contributed by atoms with Crippen molar-refractivity contribution < 1.29 is 4.79 Å². The molecule has 0 atom stereocenters. The second-order valence-corrected chi connectivity index (χ2v) is 7.96. The number of carbonyl (C=O) groups is 1. The number of aryl methyl sites for hydroxylation is 2. The van der Waals surface area contributed by atoms with Gasteiger partial charge in [-0.15, -0.1) is 22.7 Å². The molecule has 1 aliphatic rings. The zero-order valence-electron chi connectivity index (χ0n) is 13.5. The Morgan fingerprint density at radius 3 is 2.88 bits per heavy atom. The van der Waals surface area contributed by atoms with Gasteiger partial charge in [0.05, 0.1) is 10.6 Å². The molecule has 5 heteroatoms. The van der Waals surface area contributed by atoms with Crippen LogP contribution in [0.5, 0.6) is 0 Å². The maximum atomic E-state index is 12.8. The SMILES string of the molecule is Cc1nc(-c2cccs2)sc1C(=O)Nc1cccc2c1CCCC2. The summed E-state index contributed by atoms with van der Waals surface area (Å²) in [5.41, 5.74) is 4.44. The van der Waals surface area contributed by atoms with Crippen LogP contribution in [0.3, 0.4) is 0 Å². The number of fused-ring (bicyclic) bond motifs is 1. The summed E-state index contributed by atoms with van der Waals surface area (Å²) in [5, 5.41) is 6.07. The number of aromatic nitrogens is 1. The molecule has 4 rings (SSSR count). The highest BCUT2D eigenvalue weighted by Crippen LogP contribution is 2.32. The lowest BCUT2D eigenvalue weighted by Gasteiger charge is -2.19. The summed E-state index contributed by atoms with van der Waals surface area (Å²) in [4.78, 5) is 19.1. The van der Waals surface area contributed by atoms with Crippen molar-refractivity contribution >= 4 is 34.3 Å². The van der Waals surface area contributed by atoms with E-state index in [4.69, 9.17) is 0 Å². The van der Waals surface area contributed by atoms with Crippen molar-refractivity contribution in [2.45, 2.75) is 32.6 Å². The van der Waals surface area contributed by atoms with Crippen LogP contribution in [0.15, 0.2) is 35.7 Å². The third-order valence-corrected chi connectivity index (χ3v) is 6.57. The number of thiazole rings is 1. The van der Waals surface area contributed by atoms with Crippen molar-refractivity contribution in [2.75, 3.05) is 5.32 Å². The van der Waals surface area contributed by atoms with Crippen LogP contribution in [-0.4, -0.2) is 10.9 Å². The Balaban J connectivity index is 1.61. The van der Waals surface area contributed by atoms with Gasteiger partial charge in [-0.1, -0.05) is 18.2 Å². The topological polar surface area (TPSA) is 42.0 Å². The maximum absolute atomic E-state index is 12.8. The zero-order valence-corrected chi connectivity index (χ0v) is 15.1. The number of thiophene rings is 1. The molecule has 2 aromatic heterocycles. The lowest BCUT2D eigenvalue weighted by Crippen LogP contribution is -2.15. The Hall–Kier alpha value is -1.98. The molecule has 0 radical (unpaired) electrons. The molecule has 24 heavy (non-hydrogen) atoms. The number of hydrogen-bond donors (Lipinski definition) is 1. The Labute approximate surface area is 149 Å². The van der Waals surface area contributed by atoms with Gasteiger partial charge in [0, 0.05) is 5.69 Å². The number of benzene rings is 1. The van der Waals surface area contributed by atoms with E-state index in [1.807, 2.05) is 36.6 Å². The van der Waals surface area contributed by atoms with Gasteiger partial charge >= 0.3 is 0 Å². The first-order valence-electron chi connectivity index (χ1n) is 8.16. The van der Waals surface area contributed by atoms with Gasteiger partial charge in [-0.3, -0.25) is 4.79 Å². The lowest BCUT2D eigenvalue weighted by molar-refractivity contribution is 0.102. The Kier molecular flexibility index (Phi) is 4.21. The summed E-state index contributed by atoms with van der Waals surface area (Å²) in [6.07, 6.45) is 4.60. The lowest BCUT2D eigenvalue weighted by atomic mass is 9.90. The van der Waals surface area contributed by atoms with E-state index in [2.05, 4.69) is 16.4 Å². The van der Waals surface area contributed by atoms with Gasteiger partial charge in [-0.05, 0) is 61.2 Å². The number of carbonyl (C=O) groups excluding carboxylic acids is 1. The van der Waals surface area contributed by atoms with Gasteiger partial charge in [0.1, 0.15) is 9.88 Å². The van der Waals surface area contributed by atoms with Crippen LogP contribution in [0.2, 0.25) is 0 Å². The summed E-state index contributed by atoms with van der Waals surface area (Å²) in [7, 11) is 0. The van der Waals surface area contributed by atoms with E-state index in [0.29, 0.717) is 4.88 Å². The quantitative estimate of drug-likeness (QED) is 0.692. The van der Waals surface area contributed by atoms with E-state index in [0.717, 1.165) is 34.1 Å². The minimum Gasteiger partial charge on any atom is -0.321 e. The normalized spacial score (nSPS) is 13.5. The molecular formula is C19H18N2OS2. The number of anilines is 1. The molecule has 0 spiro atoms. The average molecular weight is 355 g/mol. The van der Waals surface area contributed by atoms with Crippen LogP contribution in [-0.2, 0) is 12.8 Å². The Morgan fingerprint density at radius 2 is 2.04 bits per heavy atom. The summed E-state index contributed by atoms with van der Waals surface area (Å²) >= 11 is 3.12. The molecule has 0 saturated carbocycles. The summed E-state index contributed by atoms with van der Waals surface area (Å²) in [5.74, 6) is -0.0493. The third kappa shape index (κ3) is 2.89. The standard InChI is InChI=1S/C19H18N2OS2/c1-12-17(24-19(20-12)16-10-5-11-23-16)18(22)21-15-9-4-7-13-6-2-3-8-14(13)15/h4-5,7,9-11H,2-3,6,8H2,1H3,(H,21,22). The van der Waals surface area contributed by atoms with Gasteiger partial charge in [-0.2, -0.15) is 0 Å². The summed E-state index contributed by atoms with van der Waals surface area (Å²) in [6, 6.07) is 10.3. The van der Waals surface area contributed by atoms with Crippen LogP contribution >= 0.6 is 22.7 Å². The largest absolute Gasteiger partial charge is 0.321 e. The number of rotatable bonds is 3.